The van der Waals surface area contributed by atoms with Crippen LogP contribution in [0.3, 0.4) is 0 Å². The fraction of sp³-hybridized carbons (Fsp3) is 0.462. The highest BCUT2D eigenvalue weighted by molar-refractivity contribution is 5.48. The molecule has 3 rings (SSSR count). The molecule has 84 valence electrons. The highest BCUT2D eigenvalue weighted by Gasteiger charge is 2.15. The van der Waals surface area contributed by atoms with Crippen LogP contribution >= 0.6 is 0 Å². The molecule has 1 heterocycles. The van der Waals surface area contributed by atoms with E-state index in [0.29, 0.717) is 13.2 Å². The summed E-state index contributed by atoms with van der Waals surface area (Å²) in [5.41, 5.74) is 2.92. The Balaban J connectivity index is 1.62. The van der Waals surface area contributed by atoms with Gasteiger partial charge in [0, 0.05) is 0 Å². The molecule has 3 nitrogen and oxygen atoms in total. The lowest BCUT2D eigenvalue weighted by Gasteiger charge is -2.11. The number of nitrogens with zero attached hydrogens (tertiary/aromatic N) is 1. The van der Waals surface area contributed by atoms with Gasteiger partial charge in [-0.1, -0.05) is 6.07 Å². The second-order valence-electron chi connectivity index (χ2n) is 4.32. The normalized spacial score (nSPS) is 21.9. The van der Waals surface area contributed by atoms with Gasteiger partial charge in [-0.25, -0.2) is 0 Å². The Kier molecular flexibility index (Phi) is 2.52. The van der Waals surface area contributed by atoms with Crippen molar-refractivity contribution in [2.45, 2.75) is 25.4 Å². The van der Waals surface area contributed by atoms with Crippen molar-refractivity contribution in [2.24, 2.45) is 4.99 Å². The van der Waals surface area contributed by atoms with E-state index in [2.05, 4.69) is 23.2 Å². The van der Waals surface area contributed by atoms with Crippen LogP contribution in [0.4, 0.5) is 0 Å². The van der Waals surface area contributed by atoms with Crippen molar-refractivity contribution in [3.63, 3.8) is 0 Å². The van der Waals surface area contributed by atoms with E-state index < -0.39 is 0 Å². The maximum Gasteiger partial charge on any atom is 0.170 e. The van der Waals surface area contributed by atoms with Gasteiger partial charge in [0.1, 0.15) is 12.4 Å². The maximum absolute atomic E-state index is 5.71. The first kappa shape index (κ1) is 9.70. The van der Waals surface area contributed by atoms with Crippen LogP contribution in [0.1, 0.15) is 17.5 Å². The first-order valence-electron chi connectivity index (χ1n) is 5.80. The fourth-order valence-corrected chi connectivity index (χ4v) is 2.25. The zero-order valence-electron chi connectivity index (χ0n) is 9.19. The van der Waals surface area contributed by atoms with Crippen molar-refractivity contribution in [3.05, 3.63) is 29.3 Å². The fourth-order valence-electron chi connectivity index (χ4n) is 2.25. The summed E-state index contributed by atoms with van der Waals surface area (Å²) in [5, 5.41) is 0. The van der Waals surface area contributed by atoms with Crippen molar-refractivity contribution in [1.82, 2.24) is 0 Å². The molecule has 0 radical (unpaired) electrons. The molecule has 2 aliphatic rings. The van der Waals surface area contributed by atoms with Crippen LogP contribution in [-0.2, 0) is 17.6 Å². The second-order valence-corrected chi connectivity index (χ2v) is 4.32. The zero-order valence-corrected chi connectivity index (χ0v) is 9.19. The number of benzene rings is 1. The van der Waals surface area contributed by atoms with E-state index in [4.69, 9.17) is 9.47 Å². The number of aryl methyl sites for hydroxylation is 2. The molecule has 1 unspecified atom stereocenters. The molecule has 1 aromatic carbocycles. The third-order valence-corrected chi connectivity index (χ3v) is 3.14. The number of hydrogen-bond acceptors (Lipinski definition) is 3. The zero-order chi connectivity index (χ0) is 10.8. The van der Waals surface area contributed by atoms with Gasteiger partial charge < -0.3 is 9.47 Å². The minimum Gasteiger partial charge on any atom is -0.490 e. The monoisotopic (exact) mass is 217 g/mol. The summed E-state index contributed by atoms with van der Waals surface area (Å²) < 4.78 is 11.0. The molecule has 0 spiro atoms. The average molecular weight is 217 g/mol. The highest BCUT2D eigenvalue weighted by Crippen LogP contribution is 2.26. The molecule has 0 amide bonds. The van der Waals surface area contributed by atoms with Crippen LogP contribution in [0, 0.1) is 0 Å². The number of aliphatic imine (C=N–C) groups is 1. The summed E-state index contributed by atoms with van der Waals surface area (Å²) in [6, 6.07) is 6.40. The topological polar surface area (TPSA) is 30.8 Å². The van der Waals surface area contributed by atoms with Gasteiger partial charge in [0.15, 0.2) is 12.5 Å². The van der Waals surface area contributed by atoms with Crippen molar-refractivity contribution >= 4 is 6.40 Å². The van der Waals surface area contributed by atoms with E-state index in [-0.39, 0.29) is 6.10 Å². The van der Waals surface area contributed by atoms with E-state index in [0.717, 1.165) is 5.75 Å². The minimum absolute atomic E-state index is 0.0910. The van der Waals surface area contributed by atoms with Crippen LogP contribution < -0.4 is 4.74 Å². The molecule has 3 heteroatoms. The smallest absolute Gasteiger partial charge is 0.170 e. The molecule has 1 aliphatic carbocycles. The van der Waals surface area contributed by atoms with Gasteiger partial charge in [0.05, 0.1) is 6.54 Å². The van der Waals surface area contributed by atoms with Gasteiger partial charge in [0.25, 0.3) is 0 Å². The Morgan fingerprint density at radius 3 is 3.12 bits per heavy atom. The molecule has 0 saturated heterocycles. The van der Waals surface area contributed by atoms with Crippen LogP contribution in [0.15, 0.2) is 23.2 Å². The molecule has 1 atom stereocenters. The molecule has 0 saturated carbocycles. The van der Waals surface area contributed by atoms with E-state index in [9.17, 15) is 0 Å². The Bertz CT molecular complexity index is 406. The molecule has 16 heavy (non-hydrogen) atoms. The van der Waals surface area contributed by atoms with Crippen LogP contribution in [0.5, 0.6) is 5.75 Å². The van der Waals surface area contributed by atoms with Crippen LogP contribution in [0.25, 0.3) is 0 Å². The number of fused-ring (bicyclic) bond motifs is 1. The number of ether oxygens (including phenoxy) is 2. The minimum atomic E-state index is 0.0910. The lowest BCUT2D eigenvalue weighted by Crippen LogP contribution is -2.20. The van der Waals surface area contributed by atoms with Gasteiger partial charge in [0.2, 0.25) is 0 Å². The van der Waals surface area contributed by atoms with Crippen LogP contribution in [0.2, 0.25) is 0 Å². The molecular weight excluding hydrogens is 202 g/mol. The number of rotatable bonds is 3. The summed E-state index contributed by atoms with van der Waals surface area (Å²) in [5.74, 6) is 0.955. The van der Waals surface area contributed by atoms with Gasteiger partial charge in [-0.3, -0.25) is 4.99 Å². The highest BCUT2D eigenvalue weighted by atomic mass is 16.5. The first-order valence-corrected chi connectivity index (χ1v) is 5.80. The predicted molar refractivity (Wildman–Crippen MR) is 62.2 cm³/mol. The Morgan fingerprint density at radius 1 is 1.31 bits per heavy atom. The largest absolute Gasteiger partial charge is 0.490 e. The van der Waals surface area contributed by atoms with E-state index >= 15 is 0 Å². The Morgan fingerprint density at radius 2 is 2.25 bits per heavy atom. The van der Waals surface area contributed by atoms with E-state index in [1.54, 1.807) is 0 Å². The molecule has 0 bridgehead atoms. The van der Waals surface area contributed by atoms with Crippen molar-refractivity contribution in [3.8, 4) is 5.75 Å². The van der Waals surface area contributed by atoms with Crippen molar-refractivity contribution < 1.29 is 9.47 Å². The van der Waals surface area contributed by atoms with Gasteiger partial charge >= 0.3 is 0 Å². The summed E-state index contributed by atoms with van der Waals surface area (Å²) >= 11 is 0. The summed E-state index contributed by atoms with van der Waals surface area (Å²) in [7, 11) is 0. The van der Waals surface area contributed by atoms with Gasteiger partial charge in [-0.15, -0.1) is 0 Å². The number of hydrogen-bond donors (Lipinski definition) is 0. The second kappa shape index (κ2) is 4.16. The predicted octanol–water partition coefficient (Wildman–Crippen LogP) is 1.98. The molecule has 1 aromatic rings. The van der Waals surface area contributed by atoms with Gasteiger partial charge in [-0.2, -0.15) is 0 Å². The molecule has 0 N–H and O–H groups in total. The average Bonchev–Trinajstić information content (AvgIpc) is 2.97. The molecule has 1 aliphatic heterocycles. The lowest BCUT2D eigenvalue weighted by atomic mass is 10.1. The summed E-state index contributed by atoms with van der Waals surface area (Å²) in [6.45, 7) is 1.30. The SMILES string of the molecule is C1=NCC(COc2ccc3c(c2)CCC3)O1. The molecular formula is C13H15NO2. The maximum atomic E-state index is 5.71. The third-order valence-electron chi connectivity index (χ3n) is 3.14. The van der Waals surface area contributed by atoms with E-state index in [1.165, 1.54) is 36.8 Å². The lowest BCUT2D eigenvalue weighted by molar-refractivity contribution is 0.148. The van der Waals surface area contributed by atoms with Gasteiger partial charge in [-0.05, 0) is 42.5 Å². The first-order chi connectivity index (χ1) is 7.92. The van der Waals surface area contributed by atoms with E-state index in [1.807, 2.05) is 0 Å². The third kappa shape index (κ3) is 1.90. The quantitative estimate of drug-likeness (QED) is 0.775. The molecule has 0 fully saturated rings. The summed E-state index contributed by atoms with van der Waals surface area (Å²) in [4.78, 5) is 4.01. The van der Waals surface area contributed by atoms with Crippen molar-refractivity contribution in [2.75, 3.05) is 13.2 Å². The Labute approximate surface area is 95.1 Å². The van der Waals surface area contributed by atoms with Crippen LogP contribution in [-0.4, -0.2) is 25.7 Å². The standard InChI is InChI=1S/C13H15NO2/c1-2-10-4-5-12(6-11(10)3-1)15-8-13-7-14-9-16-13/h4-6,9,13H,1-3,7-8H2. The van der Waals surface area contributed by atoms with Crippen molar-refractivity contribution in [1.29, 1.82) is 0 Å². The Hall–Kier alpha value is -1.51. The summed E-state index contributed by atoms with van der Waals surface area (Å²) in [6.07, 6.45) is 5.29. The molecule has 0 aromatic heterocycles.